The number of nitrogens with zero attached hydrogens (tertiary/aromatic N) is 4. The first-order valence-electron chi connectivity index (χ1n) is 13.9. The van der Waals surface area contributed by atoms with Gasteiger partial charge in [0.2, 0.25) is 0 Å². The van der Waals surface area contributed by atoms with E-state index in [1.165, 1.54) is 30.8 Å². The van der Waals surface area contributed by atoms with Crippen molar-refractivity contribution >= 4 is 34.4 Å². The van der Waals surface area contributed by atoms with Crippen LogP contribution in [0, 0.1) is 0 Å². The molecule has 2 aromatic rings. The summed E-state index contributed by atoms with van der Waals surface area (Å²) >= 11 is 1.77. The number of hydrogen-bond donors (Lipinski definition) is 0. The van der Waals surface area contributed by atoms with E-state index < -0.39 is 0 Å². The van der Waals surface area contributed by atoms with E-state index in [1.54, 1.807) is 11.3 Å². The summed E-state index contributed by atoms with van der Waals surface area (Å²) in [4.78, 5) is 39.4. The molecule has 6 nitrogen and oxygen atoms in total. The molecule has 1 aromatic heterocycles. The second kappa shape index (κ2) is 10.6. The molecule has 0 saturated carbocycles. The smallest absolute Gasteiger partial charge is 0.254 e. The fourth-order valence-corrected chi connectivity index (χ4v) is 7.01. The van der Waals surface area contributed by atoms with Gasteiger partial charge in [-0.2, -0.15) is 0 Å². The average Bonchev–Trinajstić information content (AvgIpc) is 3.71. The minimum absolute atomic E-state index is 0.122. The summed E-state index contributed by atoms with van der Waals surface area (Å²) < 4.78 is 0. The Balaban J connectivity index is 1.19. The molecule has 4 aliphatic rings. The van der Waals surface area contributed by atoms with E-state index in [2.05, 4.69) is 53.4 Å². The highest BCUT2D eigenvalue weighted by Crippen LogP contribution is 2.37. The molecule has 0 N–H and O–H groups in total. The summed E-state index contributed by atoms with van der Waals surface area (Å²) in [5.41, 5.74) is 6.35. The summed E-state index contributed by atoms with van der Waals surface area (Å²) in [7, 11) is 2.07. The molecule has 38 heavy (non-hydrogen) atoms. The van der Waals surface area contributed by atoms with Crippen LogP contribution in [-0.4, -0.2) is 71.4 Å². The van der Waals surface area contributed by atoms with Gasteiger partial charge in [0, 0.05) is 61.6 Å². The number of aliphatic imine (C=N–C) groups is 1. The van der Waals surface area contributed by atoms with Gasteiger partial charge in [-0.15, -0.1) is 11.3 Å². The Labute approximate surface area is 229 Å². The molecular weight excluding hydrogens is 492 g/mol. The van der Waals surface area contributed by atoms with Crippen molar-refractivity contribution in [2.75, 3.05) is 33.2 Å². The van der Waals surface area contributed by atoms with Crippen LogP contribution in [0.15, 0.2) is 58.1 Å². The van der Waals surface area contributed by atoms with Crippen molar-refractivity contribution in [3.8, 4) is 0 Å². The van der Waals surface area contributed by atoms with Crippen LogP contribution in [0.1, 0.15) is 59.0 Å². The quantitative estimate of drug-likeness (QED) is 0.451. The Morgan fingerprint density at radius 3 is 2.76 bits per heavy atom. The number of Topliss-reactive ketones (excluding diaryl/α,β-unsaturated/α-hetero) is 1. The zero-order valence-electron chi connectivity index (χ0n) is 22.4. The summed E-state index contributed by atoms with van der Waals surface area (Å²) in [5.74, 6) is 0.258. The van der Waals surface area contributed by atoms with Crippen molar-refractivity contribution in [3.05, 3.63) is 74.6 Å². The number of likely N-dealkylation sites (tertiary alicyclic amines) is 1. The topological polar surface area (TPSA) is 56.2 Å². The molecule has 198 valence electrons. The lowest BCUT2D eigenvalue weighted by Crippen LogP contribution is -2.33. The number of rotatable bonds is 9. The Morgan fingerprint density at radius 1 is 1.13 bits per heavy atom. The highest BCUT2D eigenvalue weighted by Gasteiger charge is 2.33. The molecule has 1 saturated heterocycles. The Morgan fingerprint density at radius 2 is 1.97 bits per heavy atom. The molecule has 1 amide bonds. The molecule has 0 bridgehead atoms. The summed E-state index contributed by atoms with van der Waals surface area (Å²) in [6.07, 6.45) is 9.59. The minimum atomic E-state index is 0.122. The summed E-state index contributed by atoms with van der Waals surface area (Å²) in [5, 5.41) is 2.11. The molecule has 1 aromatic carbocycles. The molecule has 7 heteroatoms. The molecule has 6 rings (SSSR count). The first-order valence-corrected chi connectivity index (χ1v) is 14.8. The third-order valence-corrected chi connectivity index (χ3v) is 9.32. The summed E-state index contributed by atoms with van der Waals surface area (Å²) in [6, 6.07) is 8.62. The van der Waals surface area contributed by atoms with Crippen molar-refractivity contribution in [2.45, 2.75) is 58.0 Å². The van der Waals surface area contributed by atoms with E-state index in [0.717, 1.165) is 65.3 Å². The van der Waals surface area contributed by atoms with Gasteiger partial charge in [0.25, 0.3) is 5.91 Å². The predicted octanol–water partition coefficient (Wildman–Crippen LogP) is 5.16. The number of thiophene rings is 1. The van der Waals surface area contributed by atoms with E-state index in [9.17, 15) is 9.59 Å². The van der Waals surface area contributed by atoms with Crippen LogP contribution in [0.25, 0.3) is 0 Å². The van der Waals surface area contributed by atoms with Gasteiger partial charge in [0.15, 0.2) is 5.78 Å². The number of carbonyl (C=O) groups is 2. The Hall–Kier alpha value is -3.03. The minimum Gasteiger partial charge on any atom is -0.371 e. The molecule has 1 unspecified atom stereocenters. The van der Waals surface area contributed by atoms with Gasteiger partial charge in [-0.1, -0.05) is 12.1 Å². The van der Waals surface area contributed by atoms with Crippen LogP contribution in [0.2, 0.25) is 0 Å². The van der Waals surface area contributed by atoms with Crippen LogP contribution in [0.5, 0.6) is 0 Å². The number of amides is 1. The number of allylic oxidation sites excluding steroid dienone is 3. The molecule has 1 fully saturated rings. The fourth-order valence-electron chi connectivity index (χ4n) is 6.18. The lowest BCUT2D eigenvalue weighted by Gasteiger charge is -2.31. The molecule has 0 spiro atoms. The van der Waals surface area contributed by atoms with Crippen molar-refractivity contribution in [3.63, 3.8) is 0 Å². The molecule has 1 atom stereocenters. The second-order valence-electron chi connectivity index (χ2n) is 11.0. The number of hydrogen-bond acceptors (Lipinski definition) is 6. The largest absolute Gasteiger partial charge is 0.371 e. The van der Waals surface area contributed by atoms with Crippen molar-refractivity contribution < 1.29 is 9.59 Å². The maximum atomic E-state index is 13.2. The molecule has 4 heterocycles. The summed E-state index contributed by atoms with van der Waals surface area (Å²) in [6.45, 7) is 7.13. The first-order chi connectivity index (χ1) is 18.5. The average molecular weight is 529 g/mol. The number of benzene rings is 1. The molecule has 0 radical (unpaired) electrons. The zero-order chi connectivity index (χ0) is 26.2. The number of carbonyl (C=O) groups excluding carboxylic acids is 2. The van der Waals surface area contributed by atoms with Gasteiger partial charge < -0.3 is 14.7 Å². The lowest BCUT2D eigenvalue weighted by molar-refractivity contribution is -0.114. The lowest BCUT2D eigenvalue weighted by atomic mass is 9.92. The Kier molecular flexibility index (Phi) is 7.06. The third kappa shape index (κ3) is 4.90. The van der Waals surface area contributed by atoms with Gasteiger partial charge >= 0.3 is 0 Å². The predicted molar refractivity (Wildman–Crippen MR) is 153 cm³/mol. The normalized spacial score (nSPS) is 19.8. The van der Waals surface area contributed by atoms with E-state index in [0.29, 0.717) is 19.4 Å². The van der Waals surface area contributed by atoms with Crippen molar-refractivity contribution in [1.29, 1.82) is 0 Å². The maximum Gasteiger partial charge on any atom is 0.254 e. The zero-order valence-corrected chi connectivity index (χ0v) is 23.2. The van der Waals surface area contributed by atoms with Crippen LogP contribution < -0.4 is 0 Å². The number of likely N-dealkylation sites (N-methyl/N-ethyl adjacent to an activating group) is 1. The van der Waals surface area contributed by atoms with Crippen LogP contribution in [0.4, 0.5) is 5.69 Å². The Bertz CT molecular complexity index is 1330. The van der Waals surface area contributed by atoms with Crippen molar-refractivity contribution in [1.82, 2.24) is 14.7 Å². The first kappa shape index (κ1) is 25.3. The molecule has 1 aliphatic carbocycles. The fraction of sp³-hybridized carbons (Fsp3) is 0.452. The van der Waals surface area contributed by atoms with Crippen molar-refractivity contribution in [2.24, 2.45) is 4.99 Å². The van der Waals surface area contributed by atoms with Crippen LogP contribution >= 0.6 is 11.3 Å². The van der Waals surface area contributed by atoms with Crippen LogP contribution in [-0.2, 0) is 24.2 Å². The monoisotopic (exact) mass is 528 g/mol. The van der Waals surface area contributed by atoms with Gasteiger partial charge in [-0.05, 0) is 86.6 Å². The second-order valence-corrected chi connectivity index (χ2v) is 12.1. The molecular formula is C31H36N4O2S. The van der Waals surface area contributed by atoms with Gasteiger partial charge in [-0.25, -0.2) is 0 Å². The van der Waals surface area contributed by atoms with E-state index in [-0.39, 0.29) is 17.7 Å². The van der Waals surface area contributed by atoms with Gasteiger partial charge in [-0.3, -0.25) is 14.6 Å². The maximum absolute atomic E-state index is 13.2. The van der Waals surface area contributed by atoms with Crippen LogP contribution in [0.3, 0.4) is 0 Å². The third-order valence-electron chi connectivity index (χ3n) is 8.42. The standard InChI is InChI=1S/C31H36N4O2S/c1-21(16-24-8-6-15-38-24)33(2)28-9-5-10-29(36)30(28)27-18-22-17-25-23(19-26(22)32-27)20-35(31(25)37)14-7-13-34-11-3-4-12-34/h5-6,8-9,15,17,19,21H,3-4,7,10-14,16,18,20H2,1-2H3. The van der Waals surface area contributed by atoms with Gasteiger partial charge in [0.05, 0.1) is 17.0 Å². The van der Waals surface area contributed by atoms with Gasteiger partial charge in [0.1, 0.15) is 0 Å². The highest BCUT2D eigenvalue weighted by atomic mass is 32.1. The van der Waals surface area contributed by atoms with E-state index in [1.807, 2.05) is 17.0 Å². The highest BCUT2D eigenvalue weighted by molar-refractivity contribution is 7.09. The SMILES string of the molecule is CC(Cc1cccs1)N(C)C1=C(C2=Nc3cc4c(cc3C2)C(=O)N(CCCN2CCCC2)C4)C(=O)CC=C1. The molecule has 3 aliphatic heterocycles. The van der Waals surface area contributed by atoms with E-state index >= 15 is 0 Å². The van der Waals surface area contributed by atoms with E-state index in [4.69, 9.17) is 4.99 Å². The number of ketones is 1. The number of fused-ring (bicyclic) bond motifs is 2.